The lowest BCUT2D eigenvalue weighted by atomic mass is 10.1. The van der Waals surface area contributed by atoms with Crippen molar-refractivity contribution in [3.05, 3.63) is 32.5 Å². The molecule has 0 saturated heterocycles. The minimum atomic E-state index is -4.79. The van der Waals surface area contributed by atoms with E-state index in [1.54, 1.807) is 0 Å². The zero-order chi connectivity index (χ0) is 18.4. The molecule has 0 aliphatic rings. The standard InChI is InChI=1S/C11H4BrCl2F6N3S/c12-9-5(24-11(18,19)20)2-23(22-9)8-4(13)1-3(10(15,16)17)7(21)6(8)14/h1-2H,21H2. The largest absolute Gasteiger partial charge is 0.446 e. The van der Waals surface area contributed by atoms with Gasteiger partial charge in [-0.1, -0.05) is 23.2 Å². The Morgan fingerprint density at radius 3 is 2.25 bits per heavy atom. The fourth-order valence-corrected chi connectivity index (χ4v) is 3.38. The van der Waals surface area contributed by atoms with Gasteiger partial charge in [0.25, 0.3) is 0 Å². The van der Waals surface area contributed by atoms with Crippen molar-refractivity contribution in [2.24, 2.45) is 0 Å². The van der Waals surface area contributed by atoms with Crippen LogP contribution in [0.2, 0.25) is 10.0 Å². The molecule has 0 bridgehead atoms. The van der Waals surface area contributed by atoms with Crippen molar-refractivity contribution in [1.82, 2.24) is 9.78 Å². The van der Waals surface area contributed by atoms with Crippen molar-refractivity contribution in [2.45, 2.75) is 16.6 Å². The highest BCUT2D eigenvalue weighted by Gasteiger charge is 2.36. The SMILES string of the molecule is Nc1c(C(F)(F)F)cc(Cl)c(-n2cc(SC(F)(F)F)c(Br)n2)c1Cl. The van der Waals surface area contributed by atoms with Crippen LogP contribution in [0.15, 0.2) is 21.8 Å². The Morgan fingerprint density at radius 2 is 1.75 bits per heavy atom. The Hall–Kier alpha value is -0.780. The molecule has 2 aromatic rings. The van der Waals surface area contributed by atoms with Crippen molar-refractivity contribution in [2.75, 3.05) is 5.73 Å². The molecule has 13 heteroatoms. The summed E-state index contributed by atoms with van der Waals surface area (Å²) >= 11 is 14.0. The van der Waals surface area contributed by atoms with Gasteiger partial charge in [-0.2, -0.15) is 31.4 Å². The summed E-state index contributed by atoms with van der Waals surface area (Å²) in [6.45, 7) is 0. The lowest BCUT2D eigenvalue weighted by Crippen LogP contribution is -2.11. The first-order valence-corrected chi connectivity index (χ1v) is 8.03. The van der Waals surface area contributed by atoms with E-state index in [0.717, 1.165) is 10.9 Å². The van der Waals surface area contributed by atoms with Crippen LogP contribution in [0.5, 0.6) is 0 Å². The van der Waals surface area contributed by atoms with Crippen molar-refractivity contribution < 1.29 is 26.3 Å². The number of nitrogen functional groups attached to an aromatic ring is 1. The predicted molar refractivity (Wildman–Crippen MR) is 82.6 cm³/mol. The summed E-state index contributed by atoms with van der Waals surface area (Å²) in [6, 6.07) is 0.532. The maximum atomic E-state index is 12.8. The van der Waals surface area contributed by atoms with Crippen LogP contribution in [-0.2, 0) is 6.18 Å². The molecule has 0 radical (unpaired) electrons. The van der Waals surface area contributed by atoms with Crippen LogP contribution in [-0.4, -0.2) is 15.3 Å². The van der Waals surface area contributed by atoms with Crippen LogP contribution in [0.25, 0.3) is 5.69 Å². The fraction of sp³-hybridized carbons (Fsp3) is 0.182. The molecule has 0 aliphatic carbocycles. The van der Waals surface area contributed by atoms with E-state index in [1.807, 2.05) is 0 Å². The van der Waals surface area contributed by atoms with Gasteiger partial charge in [0.05, 0.1) is 26.2 Å². The summed E-state index contributed by atoms with van der Waals surface area (Å²) in [5.74, 6) is 0. The second-order valence-corrected chi connectivity index (χ2v) is 6.90. The van der Waals surface area contributed by atoms with E-state index in [0.29, 0.717) is 6.07 Å². The van der Waals surface area contributed by atoms with Crippen molar-refractivity contribution in [3.63, 3.8) is 0 Å². The highest BCUT2D eigenvalue weighted by Crippen LogP contribution is 2.44. The molecule has 2 rings (SSSR count). The minimum absolute atomic E-state index is 0.185. The van der Waals surface area contributed by atoms with E-state index in [1.165, 1.54) is 0 Å². The van der Waals surface area contributed by atoms with Gasteiger partial charge in [0.15, 0.2) is 0 Å². The Labute approximate surface area is 153 Å². The van der Waals surface area contributed by atoms with E-state index >= 15 is 0 Å². The number of anilines is 1. The quantitative estimate of drug-likeness (QED) is 0.322. The molecule has 3 nitrogen and oxygen atoms in total. The average molecular weight is 475 g/mol. The molecule has 1 aromatic heterocycles. The second-order valence-electron chi connectivity index (χ2n) is 4.26. The number of hydrogen-bond donors (Lipinski definition) is 1. The average Bonchev–Trinajstić information content (AvgIpc) is 2.71. The predicted octanol–water partition coefficient (Wildman–Crippen LogP) is 6.15. The number of thioether (sulfide) groups is 1. The molecule has 2 N–H and O–H groups in total. The molecule has 0 amide bonds. The smallest absolute Gasteiger partial charge is 0.397 e. The third-order valence-electron chi connectivity index (χ3n) is 2.63. The Morgan fingerprint density at radius 1 is 1.17 bits per heavy atom. The molecule has 0 fully saturated rings. The first kappa shape index (κ1) is 19.5. The summed E-state index contributed by atoms with van der Waals surface area (Å²) < 4.78 is 76.5. The number of aromatic nitrogens is 2. The highest BCUT2D eigenvalue weighted by atomic mass is 79.9. The zero-order valence-corrected chi connectivity index (χ0v) is 14.9. The number of halogens is 9. The molecule has 0 saturated carbocycles. The number of rotatable bonds is 2. The van der Waals surface area contributed by atoms with E-state index in [2.05, 4.69) is 21.0 Å². The molecule has 1 aromatic carbocycles. The van der Waals surface area contributed by atoms with Gasteiger partial charge in [-0.15, -0.1) is 0 Å². The Kier molecular flexibility index (Phi) is 5.30. The maximum absolute atomic E-state index is 12.8. The van der Waals surface area contributed by atoms with E-state index in [4.69, 9.17) is 28.9 Å². The summed E-state index contributed by atoms with van der Waals surface area (Å²) in [5.41, 5.74) is -1.53. The highest BCUT2D eigenvalue weighted by molar-refractivity contribution is 9.10. The molecular formula is C11H4BrCl2F6N3S. The van der Waals surface area contributed by atoms with Gasteiger partial charge in [-0.25, -0.2) is 4.68 Å². The zero-order valence-electron chi connectivity index (χ0n) is 10.9. The second kappa shape index (κ2) is 6.50. The number of nitrogens with zero attached hydrogens (tertiary/aromatic N) is 2. The Bertz CT molecular complexity index is 790. The van der Waals surface area contributed by atoms with Gasteiger partial charge < -0.3 is 5.73 Å². The van der Waals surface area contributed by atoms with Crippen molar-refractivity contribution in [1.29, 1.82) is 0 Å². The summed E-state index contributed by atoms with van der Waals surface area (Å²) in [5, 5.41) is 2.68. The van der Waals surface area contributed by atoms with Crippen LogP contribution in [0.4, 0.5) is 32.0 Å². The fourth-order valence-electron chi connectivity index (χ4n) is 1.71. The molecular weight excluding hydrogens is 471 g/mol. The van der Waals surface area contributed by atoms with Gasteiger partial charge in [0.2, 0.25) is 0 Å². The summed E-state index contributed by atoms with van der Waals surface area (Å²) in [4.78, 5) is -0.326. The first-order chi connectivity index (χ1) is 10.8. The molecule has 1 heterocycles. The van der Waals surface area contributed by atoms with E-state index in [-0.39, 0.29) is 15.2 Å². The third-order valence-corrected chi connectivity index (χ3v) is 4.90. The first-order valence-electron chi connectivity index (χ1n) is 5.67. The normalized spacial score (nSPS) is 12.7. The molecule has 24 heavy (non-hydrogen) atoms. The summed E-state index contributed by atoms with van der Waals surface area (Å²) in [7, 11) is 0. The lowest BCUT2D eigenvalue weighted by Gasteiger charge is -2.15. The van der Waals surface area contributed by atoms with Crippen LogP contribution < -0.4 is 5.73 Å². The molecule has 132 valence electrons. The topological polar surface area (TPSA) is 43.8 Å². The third kappa shape index (κ3) is 4.06. The molecule has 0 spiro atoms. The van der Waals surface area contributed by atoms with Crippen LogP contribution in [0.3, 0.4) is 0 Å². The molecule has 0 aliphatic heterocycles. The maximum Gasteiger partial charge on any atom is 0.446 e. The van der Waals surface area contributed by atoms with Gasteiger partial charge in [-0.3, -0.25) is 0 Å². The minimum Gasteiger partial charge on any atom is -0.397 e. The number of benzene rings is 1. The van der Waals surface area contributed by atoms with Crippen LogP contribution in [0, 0.1) is 0 Å². The number of nitrogens with two attached hydrogens (primary N) is 1. The van der Waals surface area contributed by atoms with Crippen molar-refractivity contribution >= 4 is 56.6 Å². The van der Waals surface area contributed by atoms with E-state index < -0.39 is 44.7 Å². The van der Waals surface area contributed by atoms with Crippen LogP contribution >= 0.6 is 50.9 Å². The van der Waals surface area contributed by atoms with Gasteiger partial charge in [0.1, 0.15) is 10.3 Å². The van der Waals surface area contributed by atoms with Crippen LogP contribution in [0.1, 0.15) is 5.56 Å². The van der Waals surface area contributed by atoms with Gasteiger partial charge in [-0.05, 0) is 33.8 Å². The Balaban J connectivity index is 2.59. The molecule has 0 atom stereocenters. The number of hydrogen-bond acceptors (Lipinski definition) is 3. The van der Waals surface area contributed by atoms with E-state index in [9.17, 15) is 26.3 Å². The lowest BCUT2D eigenvalue weighted by molar-refractivity contribution is -0.136. The van der Waals surface area contributed by atoms with Gasteiger partial charge in [0, 0.05) is 6.20 Å². The molecule has 0 unspecified atom stereocenters. The van der Waals surface area contributed by atoms with Crippen molar-refractivity contribution in [3.8, 4) is 5.69 Å². The monoisotopic (exact) mass is 473 g/mol. The summed E-state index contributed by atoms with van der Waals surface area (Å²) in [6.07, 6.45) is -3.88. The number of alkyl halides is 6. The van der Waals surface area contributed by atoms with Gasteiger partial charge >= 0.3 is 11.7 Å².